The predicted molar refractivity (Wildman–Crippen MR) is 67.5 cm³/mol. The first-order chi connectivity index (χ1) is 7.84. The molecule has 0 amide bonds. The topological polar surface area (TPSA) is 37.8 Å². The monoisotopic (exact) mass is 277 g/mol. The number of rotatable bonds is 1. The van der Waals surface area contributed by atoms with E-state index in [0.717, 1.165) is 25.0 Å². The van der Waals surface area contributed by atoms with Gasteiger partial charge in [0.25, 0.3) is 0 Å². The summed E-state index contributed by atoms with van der Waals surface area (Å²) in [6, 6.07) is 8.20. The summed E-state index contributed by atoms with van der Waals surface area (Å²) in [5.41, 5.74) is 2.19. The Morgan fingerprint density at radius 1 is 1.25 bits per heavy atom. The van der Waals surface area contributed by atoms with Gasteiger partial charge in [-0.15, -0.1) is 0 Å². The van der Waals surface area contributed by atoms with E-state index >= 15 is 0 Å². The molecule has 2 heterocycles. The van der Waals surface area contributed by atoms with Gasteiger partial charge < -0.3 is 5.32 Å². The van der Waals surface area contributed by atoms with Crippen LogP contribution in [0, 0.1) is 0 Å². The highest BCUT2D eigenvalue weighted by atomic mass is 79.9. The number of nitrogens with zero attached hydrogens (tertiary/aromatic N) is 2. The van der Waals surface area contributed by atoms with Crippen molar-refractivity contribution in [3.8, 4) is 0 Å². The van der Waals surface area contributed by atoms with Crippen LogP contribution in [0.2, 0.25) is 0 Å². The zero-order chi connectivity index (χ0) is 11.0. The van der Waals surface area contributed by atoms with Gasteiger partial charge in [-0.2, -0.15) is 0 Å². The van der Waals surface area contributed by atoms with Crippen molar-refractivity contribution < 1.29 is 0 Å². The molecular weight excluding hydrogens is 266 g/mol. The number of fused-ring (bicyclic) bond motifs is 1. The standard InChI is InChI=1S/C12H12BrN3/c13-12-15-10-4-2-1-3-9(10)11(16-12)8-5-6-14-7-8/h1-4,8,14H,5-7H2. The lowest BCUT2D eigenvalue weighted by Gasteiger charge is -2.11. The number of halogens is 1. The molecule has 1 aliphatic rings. The highest BCUT2D eigenvalue weighted by Crippen LogP contribution is 2.28. The van der Waals surface area contributed by atoms with Crippen molar-refractivity contribution in [2.24, 2.45) is 0 Å². The molecule has 1 aromatic carbocycles. The van der Waals surface area contributed by atoms with E-state index in [1.54, 1.807) is 0 Å². The fraction of sp³-hybridized carbons (Fsp3) is 0.333. The summed E-state index contributed by atoms with van der Waals surface area (Å²) in [5, 5.41) is 4.56. The van der Waals surface area contributed by atoms with Gasteiger partial charge in [-0.25, -0.2) is 9.97 Å². The van der Waals surface area contributed by atoms with Crippen LogP contribution in [0.1, 0.15) is 18.0 Å². The van der Waals surface area contributed by atoms with E-state index in [0.29, 0.717) is 10.7 Å². The van der Waals surface area contributed by atoms with Gasteiger partial charge in [0.2, 0.25) is 0 Å². The van der Waals surface area contributed by atoms with E-state index in [2.05, 4.69) is 37.3 Å². The molecule has 1 aromatic heterocycles. The minimum absolute atomic E-state index is 0.518. The third-order valence-corrected chi connectivity index (χ3v) is 3.41. The maximum atomic E-state index is 4.55. The van der Waals surface area contributed by atoms with Gasteiger partial charge in [0.05, 0.1) is 11.2 Å². The van der Waals surface area contributed by atoms with Crippen LogP contribution in [0.4, 0.5) is 0 Å². The SMILES string of the molecule is Brc1nc(C2CCNC2)c2ccccc2n1. The molecule has 1 aliphatic heterocycles. The average molecular weight is 278 g/mol. The van der Waals surface area contributed by atoms with Crippen LogP contribution in [0.25, 0.3) is 10.9 Å². The third kappa shape index (κ3) is 1.72. The number of nitrogens with one attached hydrogen (secondary N) is 1. The van der Waals surface area contributed by atoms with Crippen LogP contribution in [-0.4, -0.2) is 23.1 Å². The predicted octanol–water partition coefficient (Wildman–Crippen LogP) is 2.47. The summed E-state index contributed by atoms with van der Waals surface area (Å²) in [5.74, 6) is 0.518. The Balaban J connectivity index is 2.21. The molecule has 0 radical (unpaired) electrons. The van der Waals surface area contributed by atoms with E-state index in [1.807, 2.05) is 18.2 Å². The van der Waals surface area contributed by atoms with Crippen LogP contribution < -0.4 is 5.32 Å². The van der Waals surface area contributed by atoms with Gasteiger partial charge in [-0.05, 0) is 35.0 Å². The van der Waals surface area contributed by atoms with E-state index in [4.69, 9.17) is 0 Å². The lowest BCUT2D eigenvalue weighted by Crippen LogP contribution is -2.09. The van der Waals surface area contributed by atoms with Crippen molar-refractivity contribution in [2.75, 3.05) is 13.1 Å². The van der Waals surface area contributed by atoms with Crippen LogP contribution in [0.15, 0.2) is 29.0 Å². The number of aromatic nitrogens is 2. The molecule has 0 bridgehead atoms. The van der Waals surface area contributed by atoms with E-state index < -0.39 is 0 Å². The van der Waals surface area contributed by atoms with Gasteiger partial charge in [-0.3, -0.25) is 0 Å². The molecule has 0 aliphatic carbocycles. The van der Waals surface area contributed by atoms with Crippen molar-refractivity contribution in [1.82, 2.24) is 15.3 Å². The number of hydrogen-bond acceptors (Lipinski definition) is 3. The molecule has 0 saturated carbocycles. The molecule has 82 valence electrons. The zero-order valence-corrected chi connectivity index (χ0v) is 10.4. The van der Waals surface area contributed by atoms with Crippen molar-refractivity contribution >= 4 is 26.8 Å². The lowest BCUT2D eigenvalue weighted by molar-refractivity contribution is 0.737. The first-order valence-electron chi connectivity index (χ1n) is 5.47. The second-order valence-electron chi connectivity index (χ2n) is 4.08. The molecule has 4 heteroatoms. The maximum absolute atomic E-state index is 4.55. The summed E-state index contributed by atoms with van der Waals surface area (Å²) < 4.78 is 0.688. The molecule has 1 atom stereocenters. The fourth-order valence-electron chi connectivity index (χ4n) is 2.27. The maximum Gasteiger partial charge on any atom is 0.197 e. The van der Waals surface area contributed by atoms with Crippen molar-refractivity contribution in [3.63, 3.8) is 0 Å². The van der Waals surface area contributed by atoms with Crippen molar-refractivity contribution in [3.05, 3.63) is 34.7 Å². The Morgan fingerprint density at radius 3 is 2.94 bits per heavy atom. The summed E-state index contributed by atoms with van der Waals surface area (Å²) >= 11 is 3.39. The molecule has 0 spiro atoms. The Bertz CT molecular complexity index is 521. The Morgan fingerprint density at radius 2 is 2.12 bits per heavy atom. The average Bonchev–Trinajstić information content (AvgIpc) is 2.81. The van der Waals surface area contributed by atoms with Crippen LogP contribution in [-0.2, 0) is 0 Å². The molecule has 16 heavy (non-hydrogen) atoms. The third-order valence-electron chi connectivity index (χ3n) is 3.05. The van der Waals surface area contributed by atoms with E-state index in [-0.39, 0.29) is 0 Å². The van der Waals surface area contributed by atoms with Crippen LogP contribution >= 0.6 is 15.9 Å². The summed E-state index contributed by atoms with van der Waals surface area (Å²) in [6.45, 7) is 2.11. The van der Waals surface area contributed by atoms with Gasteiger partial charge >= 0.3 is 0 Å². The smallest absolute Gasteiger partial charge is 0.197 e. The summed E-state index contributed by atoms with van der Waals surface area (Å²) in [7, 11) is 0. The largest absolute Gasteiger partial charge is 0.316 e. The van der Waals surface area contributed by atoms with Gasteiger partial charge in [-0.1, -0.05) is 18.2 Å². The molecule has 1 saturated heterocycles. The van der Waals surface area contributed by atoms with Gasteiger partial charge in [0.15, 0.2) is 4.73 Å². The number of benzene rings is 1. The first kappa shape index (κ1) is 10.2. The van der Waals surface area contributed by atoms with Gasteiger partial charge in [0.1, 0.15) is 0 Å². The van der Waals surface area contributed by atoms with Crippen LogP contribution in [0.3, 0.4) is 0 Å². The van der Waals surface area contributed by atoms with Crippen LogP contribution in [0.5, 0.6) is 0 Å². The second kappa shape index (κ2) is 4.11. The molecule has 3 rings (SSSR count). The zero-order valence-electron chi connectivity index (χ0n) is 8.78. The minimum Gasteiger partial charge on any atom is -0.316 e. The number of para-hydroxylation sites is 1. The second-order valence-corrected chi connectivity index (χ2v) is 4.79. The first-order valence-corrected chi connectivity index (χ1v) is 6.27. The molecule has 3 nitrogen and oxygen atoms in total. The van der Waals surface area contributed by atoms with Gasteiger partial charge in [0, 0.05) is 17.8 Å². The number of hydrogen-bond donors (Lipinski definition) is 1. The Hall–Kier alpha value is -1.00. The van der Waals surface area contributed by atoms with E-state index in [1.165, 1.54) is 11.1 Å². The molecule has 1 unspecified atom stereocenters. The molecular formula is C12H12BrN3. The summed E-state index contributed by atoms with van der Waals surface area (Å²) in [4.78, 5) is 8.94. The molecule has 1 N–H and O–H groups in total. The Labute approximate surface area is 102 Å². The van der Waals surface area contributed by atoms with Crippen molar-refractivity contribution in [1.29, 1.82) is 0 Å². The minimum atomic E-state index is 0.518. The van der Waals surface area contributed by atoms with Crippen molar-refractivity contribution in [2.45, 2.75) is 12.3 Å². The highest BCUT2D eigenvalue weighted by Gasteiger charge is 2.20. The quantitative estimate of drug-likeness (QED) is 0.814. The van der Waals surface area contributed by atoms with E-state index in [9.17, 15) is 0 Å². The normalized spacial score (nSPS) is 20.4. The highest BCUT2D eigenvalue weighted by molar-refractivity contribution is 9.10. The fourth-order valence-corrected chi connectivity index (χ4v) is 2.65. The lowest BCUT2D eigenvalue weighted by atomic mass is 10.0. The molecule has 2 aromatic rings. The molecule has 1 fully saturated rings. The Kier molecular flexibility index (Phi) is 2.61. The summed E-state index contributed by atoms with van der Waals surface area (Å²) in [6.07, 6.45) is 1.16.